The SMILES string of the molecule is Cc1c(NC(=O)C2CC2)cccc1NC(=S)NC(=O)c1ccc(OCC(C)C)c(Br)c1. The molecule has 1 saturated carbocycles. The summed E-state index contributed by atoms with van der Waals surface area (Å²) < 4.78 is 6.42. The van der Waals surface area contributed by atoms with Gasteiger partial charge in [0.05, 0.1) is 11.1 Å². The van der Waals surface area contributed by atoms with Crippen LogP contribution < -0.4 is 20.7 Å². The predicted octanol–water partition coefficient (Wildman–Crippen LogP) is 5.27. The molecule has 1 fully saturated rings. The van der Waals surface area contributed by atoms with Gasteiger partial charge in [-0.2, -0.15) is 0 Å². The number of nitrogens with one attached hydrogen (secondary N) is 3. The second kappa shape index (κ2) is 10.2. The van der Waals surface area contributed by atoms with Crippen LogP contribution in [0.15, 0.2) is 40.9 Å². The zero-order valence-electron chi connectivity index (χ0n) is 17.8. The molecule has 0 spiro atoms. The Morgan fingerprint density at radius 2 is 1.84 bits per heavy atom. The van der Waals surface area contributed by atoms with Gasteiger partial charge in [-0.3, -0.25) is 14.9 Å². The highest BCUT2D eigenvalue weighted by Crippen LogP contribution is 2.32. The molecule has 0 radical (unpaired) electrons. The van der Waals surface area contributed by atoms with E-state index in [1.54, 1.807) is 18.2 Å². The molecule has 0 atom stereocenters. The quantitative estimate of drug-likeness (QED) is 0.448. The van der Waals surface area contributed by atoms with Crippen molar-refractivity contribution in [2.24, 2.45) is 11.8 Å². The summed E-state index contributed by atoms with van der Waals surface area (Å²) in [7, 11) is 0. The molecule has 164 valence electrons. The molecule has 1 aliphatic carbocycles. The fourth-order valence-electron chi connectivity index (χ4n) is 2.83. The normalized spacial score (nSPS) is 12.9. The minimum absolute atomic E-state index is 0.0440. The van der Waals surface area contributed by atoms with Crippen molar-refractivity contribution < 1.29 is 14.3 Å². The molecule has 2 aromatic carbocycles. The zero-order valence-corrected chi connectivity index (χ0v) is 20.2. The fourth-order valence-corrected chi connectivity index (χ4v) is 3.53. The van der Waals surface area contributed by atoms with Gasteiger partial charge in [0, 0.05) is 22.9 Å². The van der Waals surface area contributed by atoms with E-state index in [2.05, 4.69) is 45.7 Å². The number of carbonyl (C=O) groups excluding carboxylic acids is 2. The van der Waals surface area contributed by atoms with Crippen LogP contribution in [0.3, 0.4) is 0 Å². The van der Waals surface area contributed by atoms with E-state index >= 15 is 0 Å². The Hall–Kier alpha value is -2.45. The molecule has 3 rings (SSSR count). The summed E-state index contributed by atoms with van der Waals surface area (Å²) in [6.07, 6.45) is 1.89. The Labute approximate surface area is 196 Å². The molecule has 31 heavy (non-hydrogen) atoms. The zero-order chi connectivity index (χ0) is 22.5. The maximum absolute atomic E-state index is 12.6. The van der Waals surface area contributed by atoms with Crippen molar-refractivity contribution in [2.75, 3.05) is 17.2 Å². The Kier molecular flexibility index (Phi) is 7.67. The number of hydrogen-bond donors (Lipinski definition) is 3. The number of thiocarbonyl (C=S) groups is 1. The van der Waals surface area contributed by atoms with Crippen LogP contribution in [0.5, 0.6) is 5.75 Å². The lowest BCUT2D eigenvalue weighted by molar-refractivity contribution is -0.117. The summed E-state index contributed by atoms with van der Waals surface area (Å²) in [6, 6.07) is 10.7. The van der Waals surface area contributed by atoms with Crippen molar-refractivity contribution in [1.82, 2.24) is 5.32 Å². The molecule has 1 aliphatic rings. The lowest BCUT2D eigenvalue weighted by Crippen LogP contribution is -2.34. The van der Waals surface area contributed by atoms with Crippen LogP contribution >= 0.6 is 28.1 Å². The molecule has 0 unspecified atom stereocenters. The average Bonchev–Trinajstić information content (AvgIpc) is 3.55. The highest BCUT2D eigenvalue weighted by molar-refractivity contribution is 9.10. The molecule has 2 aromatic rings. The summed E-state index contributed by atoms with van der Waals surface area (Å²) >= 11 is 8.77. The first kappa shape index (κ1) is 23.2. The monoisotopic (exact) mass is 503 g/mol. The first-order chi connectivity index (χ1) is 14.7. The summed E-state index contributed by atoms with van der Waals surface area (Å²) in [5, 5.41) is 8.86. The van der Waals surface area contributed by atoms with E-state index in [4.69, 9.17) is 17.0 Å². The Balaban J connectivity index is 1.61. The van der Waals surface area contributed by atoms with Gasteiger partial charge >= 0.3 is 0 Å². The Bertz CT molecular complexity index is 1010. The second-order valence-electron chi connectivity index (χ2n) is 8.00. The molecule has 0 aromatic heterocycles. The van der Waals surface area contributed by atoms with Gasteiger partial charge in [0.25, 0.3) is 5.91 Å². The topological polar surface area (TPSA) is 79.5 Å². The van der Waals surface area contributed by atoms with Gasteiger partial charge in [-0.05, 0) is 89.7 Å². The van der Waals surface area contributed by atoms with Crippen LogP contribution in [0.25, 0.3) is 0 Å². The molecule has 8 heteroatoms. The van der Waals surface area contributed by atoms with Crippen LogP contribution in [0.2, 0.25) is 0 Å². The number of hydrogen-bond acceptors (Lipinski definition) is 4. The van der Waals surface area contributed by atoms with Crippen LogP contribution in [0.4, 0.5) is 11.4 Å². The molecule has 0 aliphatic heterocycles. The number of halogens is 1. The number of anilines is 2. The molecule has 3 N–H and O–H groups in total. The van der Waals surface area contributed by atoms with Gasteiger partial charge in [-0.15, -0.1) is 0 Å². The van der Waals surface area contributed by atoms with E-state index in [1.807, 2.05) is 25.1 Å². The Morgan fingerprint density at radius 1 is 1.16 bits per heavy atom. The number of carbonyl (C=O) groups is 2. The van der Waals surface area contributed by atoms with Crippen LogP contribution in [-0.2, 0) is 4.79 Å². The standard InChI is InChI=1S/C23H26BrN3O3S/c1-13(2)12-30-20-10-9-16(11-17(20)24)22(29)27-23(31)26-19-6-4-5-18(14(19)3)25-21(28)15-7-8-15/h4-6,9-11,13,15H,7-8,12H2,1-3H3,(H,25,28)(H2,26,27,29,31). The van der Waals surface area contributed by atoms with E-state index in [9.17, 15) is 9.59 Å². The van der Waals surface area contributed by atoms with Crippen molar-refractivity contribution in [2.45, 2.75) is 33.6 Å². The molecule has 2 amide bonds. The van der Waals surface area contributed by atoms with E-state index in [0.29, 0.717) is 28.3 Å². The maximum atomic E-state index is 12.6. The minimum Gasteiger partial charge on any atom is -0.492 e. The first-order valence-corrected chi connectivity index (χ1v) is 11.4. The number of ether oxygens (including phenoxy) is 1. The van der Waals surface area contributed by atoms with Gasteiger partial charge in [0.15, 0.2) is 5.11 Å². The fraction of sp³-hybridized carbons (Fsp3) is 0.348. The van der Waals surface area contributed by atoms with Crippen molar-refractivity contribution in [3.63, 3.8) is 0 Å². The predicted molar refractivity (Wildman–Crippen MR) is 131 cm³/mol. The van der Waals surface area contributed by atoms with E-state index in [-0.39, 0.29) is 22.8 Å². The van der Waals surface area contributed by atoms with Crippen molar-refractivity contribution in [1.29, 1.82) is 0 Å². The molecular weight excluding hydrogens is 478 g/mol. The molecule has 0 bridgehead atoms. The third-order valence-electron chi connectivity index (χ3n) is 4.78. The van der Waals surface area contributed by atoms with Crippen molar-refractivity contribution >= 4 is 56.4 Å². The summed E-state index contributed by atoms with van der Waals surface area (Å²) in [5.74, 6) is 0.929. The molecule has 6 nitrogen and oxygen atoms in total. The summed E-state index contributed by atoms with van der Waals surface area (Å²) in [6.45, 7) is 6.63. The van der Waals surface area contributed by atoms with Gasteiger partial charge in [0.1, 0.15) is 5.75 Å². The largest absolute Gasteiger partial charge is 0.492 e. The van der Waals surface area contributed by atoms with Gasteiger partial charge in [-0.1, -0.05) is 19.9 Å². The molecular formula is C23H26BrN3O3S. The highest BCUT2D eigenvalue weighted by Gasteiger charge is 2.29. The van der Waals surface area contributed by atoms with Crippen LogP contribution in [0.1, 0.15) is 42.6 Å². The van der Waals surface area contributed by atoms with Gasteiger partial charge in [-0.25, -0.2) is 0 Å². The van der Waals surface area contributed by atoms with Gasteiger partial charge in [0.2, 0.25) is 5.91 Å². The smallest absolute Gasteiger partial charge is 0.257 e. The number of rotatable bonds is 7. The molecule has 0 heterocycles. The van der Waals surface area contributed by atoms with E-state index in [1.165, 1.54) is 0 Å². The average molecular weight is 504 g/mol. The van der Waals surface area contributed by atoms with Crippen molar-refractivity contribution in [3.05, 3.63) is 52.0 Å². The van der Waals surface area contributed by atoms with Crippen LogP contribution in [0, 0.1) is 18.8 Å². The second-order valence-corrected chi connectivity index (χ2v) is 9.26. The van der Waals surface area contributed by atoms with Crippen LogP contribution in [-0.4, -0.2) is 23.5 Å². The van der Waals surface area contributed by atoms with E-state index in [0.717, 1.165) is 29.8 Å². The lowest BCUT2D eigenvalue weighted by Gasteiger charge is -2.15. The minimum atomic E-state index is -0.329. The lowest BCUT2D eigenvalue weighted by atomic mass is 10.1. The highest BCUT2D eigenvalue weighted by atomic mass is 79.9. The van der Waals surface area contributed by atoms with Crippen molar-refractivity contribution in [3.8, 4) is 5.75 Å². The first-order valence-electron chi connectivity index (χ1n) is 10.2. The van der Waals surface area contributed by atoms with Gasteiger partial charge < -0.3 is 15.4 Å². The number of benzene rings is 2. The number of amides is 2. The van der Waals surface area contributed by atoms with E-state index < -0.39 is 0 Å². The summed E-state index contributed by atoms with van der Waals surface area (Å²) in [4.78, 5) is 24.7. The Morgan fingerprint density at radius 3 is 2.45 bits per heavy atom. The third-order valence-corrected chi connectivity index (χ3v) is 5.61. The summed E-state index contributed by atoms with van der Waals surface area (Å²) in [5.41, 5.74) is 2.76. The maximum Gasteiger partial charge on any atom is 0.257 e. The third kappa shape index (κ3) is 6.51. The molecule has 0 saturated heterocycles.